The highest BCUT2D eigenvalue weighted by Crippen LogP contribution is 2.32. The minimum Gasteiger partial charge on any atom is -0.480 e. The Morgan fingerprint density at radius 3 is 3.00 bits per heavy atom. The summed E-state index contributed by atoms with van der Waals surface area (Å²) in [6.07, 6.45) is 4.74. The van der Waals surface area contributed by atoms with Gasteiger partial charge in [0.15, 0.2) is 0 Å². The zero-order chi connectivity index (χ0) is 11.5. The first kappa shape index (κ1) is 11.1. The second kappa shape index (κ2) is 4.65. The molecule has 1 fully saturated rings. The van der Waals surface area contributed by atoms with Crippen LogP contribution in [0.15, 0.2) is 12.3 Å². The average molecular weight is 223 g/mol. The summed E-state index contributed by atoms with van der Waals surface area (Å²) in [4.78, 5) is 10.9. The molecule has 5 heteroatoms. The van der Waals surface area contributed by atoms with Gasteiger partial charge >= 0.3 is 5.97 Å². The van der Waals surface area contributed by atoms with Crippen LogP contribution in [0.2, 0.25) is 0 Å². The van der Waals surface area contributed by atoms with Crippen molar-refractivity contribution in [3.05, 3.63) is 18.0 Å². The van der Waals surface area contributed by atoms with Gasteiger partial charge in [0.1, 0.15) is 6.04 Å². The van der Waals surface area contributed by atoms with Crippen molar-refractivity contribution < 1.29 is 9.90 Å². The van der Waals surface area contributed by atoms with E-state index < -0.39 is 5.97 Å². The number of nitrogens with one attached hydrogen (secondary N) is 1. The third kappa shape index (κ3) is 2.82. The summed E-state index contributed by atoms with van der Waals surface area (Å²) in [5.41, 5.74) is 0.995. The van der Waals surface area contributed by atoms with Gasteiger partial charge in [-0.15, -0.1) is 0 Å². The molecule has 0 aliphatic heterocycles. The second-order valence-electron chi connectivity index (χ2n) is 4.34. The van der Waals surface area contributed by atoms with Crippen molar-refractivity contribution >= 4 is 5.97 Å². The lowest BCUT2D eigenvalue weighted by molar-refractivity contribution is -0.140. The normalized spacial score (nSPS) is 17.3. The van der Waals surface area contributed by atoms with E-state index in [1.54, 1.807) is 4.68 Å². The monoisotopic (exact) mass is 223 g/mol. The number of aliphatic carboxylic acids is 1. The molecule has 0 spiro atoms. The Labute approximate surface area is 94.5 Å². The van der Waals surface area contributed by atoms with Crippen LogP contribution in [-0.2, 0) is 18.3 Å². The van der Waals surface area contributed by atoms with Crippen molar-refractivity contribution in [3.63, 3.8) is 0 Å². The highest BCUT2D eigenvalue weighted by Gasteiger charge is 2.35. The number of aromatic nitrogens is 2. The molecule has 1 aromatic rings. The van der Waals surface area contributed by atoms with Crippen molar-refractivity contribution in [1.82, 2.24) is 15.1 Å². The van der Waals surface area contributed by atoms with Gasteiger partial charge in [0, 0.05) is 26.2 Å². The molecule has 1 unspecified atom stereocenters. The molecule has 0 radical (unpaired) electrons. The van der Waals surface area contributed by atoms with Gasteiger partial charge < -0.3 is 10.4 Å². The molecule has 0 bridgehead atoms. The molecule has 0 aromatic carbocycles. The van der Waals surface area contributed by atoms with Crippen LogP contribution in [-0.4, -0.2) is 33.4 Å². The molecule has 1 heterocycles. The zero-order valence-electron chi connectivity index (χ0n) is 9.39. The van der Waals surface area contributed by atoms with Gasteiger partial charge in [-0.05, 0) is 24.8 Å². The van der Waals surface area contributed by atoms with E-state index in [9.17, 15) is 4.79 Å². The SMILES string of the molecule is Cn1ccc(CCNC(C(=O)O)C2CC2)n1. The molecule has 1 aromatic heterocycles. The standard InChI is InChI=1S/C11H17N3O2/c1-14-7-5-9(13-14)4-6-12-10(11(15)16)8-2-3-8/h5,7-8,10,12H,2-4,6H2,1H3,(H,15,16). The van der Waals surface area contributed by atoms with Crippen molar-refractivity contribution in [2.75, 3.05) is 6.54 Å². The van der Waals surface area contributed by atoms with Gasteiger partial charge in [-0.3, -0.25) is 9.48 Å². The Hall–Kier alpha value is -1.36. The van der Waals surface area contributed by atoms with Crippen LogP contribution in [0, 0.1) is 5.92 Å². The molecule has 2 N–H and O–H groups in total. The van der Waals surface area contributed by atoms with E-state index in [0.717, 1.165) is 25.0 Å². The van der Waals surface area contributed by atoms with Crippen molar-refractivity contribution in [1.29, 1.82) is 0 Å². The molecule has 1 saturated carbocycles. The van der Waals surface area contributed by atoms with E-state index in [0.29, 0.717) is 12.5 Å². The van der Waals surface area contributed by atoms with Gasteiger partial charge in [0.05, 0.1) is 5.69 Å². The smallest absolute Gasteiger partial charge is 0.320 e. The Morgan fingerprint density at radius 2 is 2.50 bits per heavy atom. The van der Waals surface area contributed by atoms with Crippen LogP contribution in [0.5, 0.6) is 0 Å². The minimum absolute atomic E-state index is 0.334. The van der Waals surface area contributed by atoms with Gasteiger partial charge in [-0.1, -0.05) is 0 Å². The fourth-order valence-corrected chi connectivity index (χ4v) is 1.84. The third-order valence-corrected chi connectivity index (χ3v) is 2.87. The van der Waals surface area contributed by atoms with Crippen molar-refractivity contribution in [2.24, 2.45) is 13.0 Å². The first-order chi connectivity index (χ1) is 7.66. The maximum Gasteiger partial charge on any atom is 0.320 e. The maximum atomic E-state index is 10.9. The molecule has 1 aliphatic carbocycles. The number of hydrogen-bond acceptors (Lipinski definition) is 3. The fourth-order valence-electron chi connectivity index (χ4n) is 1.84. The molecule has 1 aliphatic rings. The van der Waals surface area contributed by atoms with E-state index in [-0.39, 0.29) is 6.04 Å². The zero-order valence-corrected chi connectivity index (χ0v) is 9.39. The third-order valence-electron chi connectivity index (χ3n) is 2.87. The minimum atomic E-state index is -0.733. The van der Waals surface area contributed by atoms with Gasteiger partial charge in [-0.2, -0.15) is 5.10 Å². The summed E-state index contributed by atoms with van der Waals surface area (Å²) < 4.78 is 1.75. The van der Waals surface area contributed by atoms with Crippen LogP contribution in [0.25, 0.3) is 0 Å². The molecule has 1 atom stereocenters. The number of hydrogen-bond donors (Lipinski definition) is 2. The topological polar surface area (TPSA) is 67.2 Å². The van der Waals surface area contributed by atoms with Crippen LogP contribution in [0.4, 0.5) is 0 Å². The highest BCUT2D eigenvalue weighted by atomic mass is 16.4. The number of nitrogens with zero attached hydrogens (tertiary/aromatic N) is 2. The maximum absolute atomic E-state index is 10.9. The lowest BCUT2D eigenvalue weighted by Gasteiger charge is -2.12. The average Bonchev–Trinajstić information content (AvgIpc) is 2.97. The van der Waals surface area contributed by atoms with E-state index in [4.69, 9.17) is 5.11 Å². The summed E-state index contributed by atoms with van der Waals surface area (Å²) in [5, 5.41) is 16.3. The quantitative estimate of drug-likeness (QED) is 0.733. The molecular formula is C11H17N3O2. The van der Waals surface area contributed by atoms with Gasteiger partial charge in [0.25, 0.3) is 0 Å². The number of rotatable bonds is 6. The van der Waals surface area contributed by atoms with Crippen LogP contribution >= 0.6 is 0 Å². The summed E-state index contributed by atoms with van der Waals surface area (Å²) in [6.45, 7) is 0.671. The Morgan fingerprint density at radius 1 is 1.75 bits per heavy atom. The number of aryl methyl sites for hydroxylation is 1. The number of carboxylic acids is 1. The second-order valence-corrected chi connectivity index (χ2v) is 4.34. The Kier molecular flexibility index (Phi) is 3.24. The van der Waals surface area contributed by atoms with Crippen LogP contribution in [0.3, 0.4) is 0 Å². The fraction of sp³-hybridized carbons (Fsp3) is 0.636. The molecule has 2 rings (SSSR count). The summed E-state index contributed by atoms with van der Waals surface area (Å²) in [6, 6.07) is 1.58. The summed E-state index contributed by atoms with van der Waals surface area (Å²) >= 11 is 0. The molecular weight excluding hydrogens is 206 g/mol. The van der Waals surface area contributed by atoms with Crippen molar-refractivity contribution in [2.45, 2.75) is 25.3 Å². The lowest BCUT2D eigenvalue weighted by Crippen LogP contribution is -2.39. The Balaban J connectivity index is 1.76. The van der Waals surface area contributed by atoms with Crippen molar-refractivity contribution in [3.8, 4) is 0 Å². The molecule has 0 amide bonds. The molecule has 5 nitrogen and oxygen atoms in total. The first-order valence-corrected chi connectivity index (χ1v) is 5.61. The summed E-state index contributed by atoms with van der Waals surface area (Å²) in [5.74, 6) is -0.398. The van der Waals surface area contributed by atoms with Crippen LogP contribution < -0.4 is 5.32 Å². The molecule has 16 heavy (non-hydrogen) atoms. The van der Waals surface area contributed by atoms with E-state index in [1.807, 2.05) is 19.3 Å². The summed E-state index contributed by atoms with van der Waals surface area (Å²) in [7, 11) is 1.88. The van der Waals surface area contributed by atoms with Gasteiger partial charge in [0.2, 0.25) is 0 Å². The van der Waals surface area contributed by atoms with E-state index >= 15 is 0 Å². The predicted molar refractivity (Wildman–Crippen MR) is 59.1 cm³/mol. The number of carboxylic acid groups (broad SMARTS) is 1. The largest absolute Gasteiger partial charge is 0.480 e. The highest BCUT2D eigenvalue weighted by molar-refractivity contribution is 5.74. The lowest BCUT2D eigenvalue weighted by atomic mass is 10.2. The predicted octanol–water partition coefficient (Wildman–Crippen LogP) is 0.415. The number of carbonyl (C=O) groups is 1. The molecule has 88 valence electrons. The molecule has 0 saturated heterocycles. The van der Waals surface area contributed by atoms with E-state index in [2.05, 4.69) is 10.4 Å². The Bertz CT molecular complexity index is 371. The van der Waals surface area contributed by atoms with Crippen LogP contribution in [0.1, 0.15) is 18.5 Å². The van der Waals surface area contributed by atoms with Gasteiger partial charge in [-0.25, -0.2) is 0 Å². The van der Waals surface area contributed by atoms with E-state index in [1.165, 1.54) is 0 Å². The first-order valence-electron chi connectivity index (χ1n) is 5.61.